The summed E-state index contributed by atoms with van der Waals surface area (Å²) < 4.78 is 39.4. The number of halogens is 2. The van der Waals surface area contributed by atoms with Gasteiger partial charge in [0.2, 0.25) is 10.0 Å². The average Bonchev–Trinajstić information content (AvgIpc) is 3.39. The average molecular weight is 663 g/mol. The minimum atomic E-state index is -3.41. The summed E-state index contributed by atoms with van der Waals surface area (Å²) in [5, 5.41) is 3.26. The maximum absolute atomic E-state index is 13.7. The van der Waals surface area contributed by atoms with Crippen molar-refractivity contribution in [2.75, 3.05) is 29.4 Å². The Morgan fingerprint density at radius 2 is 1.49 bits per heavy atom. The first-order valence-electron chi connectivity index (χ1n) is 14.3. The van der Waals surface area contributed by atoms with Gasteiger partial charge in [-0.25, -0.2) is 22.6 Å². The zero-order chi connectivity index (χ0) is 31.8. The third-order valence-corrected chi connectivity index (χ3v) is 9.00. The topological polar surface area (TPSA) is 91.4 Å². The molecule has 0 unspecified atom stereocenters. The molecule has 0 radical (unpaired) electrons. The van der Waals surface area contributed by atoms with E-state index in [4.69, 9.17) is 11.6 Å². The molecule has 0 bridgehead atoms. The maximum atomic E-state index is 13.7. The van der Waals surface area contributed by atoms with E-state index in [-0.39, 0.29) is 17.8 Å². The van der Waals surface area contributed by atoms with Crippen LogP contribution in [0.2, 0.25) is 4.34 Å². The lowest BCUT2D eigenvalue weighted by atomic mass is 9.88. The Hall–Kier alpha value is -4.25. The van der Waals surface area contributed by atoms with Gasteiger partial charge in [-0.3, -0.25) is 10.0 Å². The van der Waals surface area contributed by atoms with Gasteiger partial charge in [0.05, 0.1) is 6.26 Å². The molecule has 0 aliphatic rings. The Morgan fingerprint density at radius 3 is 2.07 bits per heavy atom. The summed E-state index contributed by atoms with van der Waals surface area (Å²) in [4.78, 5) is 20.0. The molecule has 0 fully saturated rings. The van der Waals surface area contributed by atoms with Crippen molar-refractivity contribution in [3.8, 4) is 11.3 Å². The number of anilines is 2. The third kappa shape index (κ3) is 9.13. The molecule has 45 heavy (non-hydrogen) atoms. The minimum Gasteiger partial charge on any atom is -0.324 e. The number of aromatic nitrogens is 1. The van der Waals surface area contributed by atoms with E-state index in [0.29, 0.717) is 52.3 Å². The quantitative estimate of drug-likeness (QED) is 0.141. The fourth-order valence-corrected chi connectivity index (χ4v) is 6.67. The smallest absolute Gasteiger partial charge is 0.323 e. The zero-order valence-electron chi connectivity index (χ0n) is 24.5. The monoisotopic (exact) mass is 662 g/mol. The van der Waals surface area contributed by atoms with Crippen LogP contribution in [0.1, 0.15) is 29.0 Å². The van der Waals surface area contributed by atoms with Gasteiger partial charge in [0, 0.05) is 30.3 Å². The molecule has 0 aliphatic heterocycles. The van der Waals surface area contributed by atoms with E-state index in [1.807, 2.05) is 36.4 Å². The number of amides is 2. The second kappa shape index (κ2) is 14.7. The molecular weight excluding hydrogens is 631 g/mol. The van der Waals surface area contributed by atoms with Crippen molar-refractivity contribution >= 4 is 49.8 Å². The highest BCUT2D eigenvalue weighted by atomic mass is 35.5. The third-order valence-electron chi connectivity index (χ3n) is 7.22. The maximum Gasteiger partial charge on any atom is 0.323 e. The lowest BCUT2D eigenvalue weighted by Gasteiger charge is -2.26. The van der Waals surface area contributed by atoms with Crippen LogP contribution in [0.25, 0.3) is 11.3 Å². The van der Waals surface area contributed by atoms with Crippen LogP contribution >= 0.6 is 22.9 Å². The molecule has 232 valence electrons. The number of carbonyl (C=O) groups excluding carboxylic acids is 1. The molecule has 0 spiro atoms. The predicted molar refractivity (Wildman–Crippen MR) is 181 cm³/mol. The number of urea groups is 1. The van der Waals surface area contributed by atoms with Gasteiger partial charge in [-0.05, 0) is 53.8 Å². The van der Waals surface area contributed by atoms with Crippen molar-refractivity contribution in [1.29, 1.82) is 0 Å². The lowest BCUT2D eigenvalue weighted by molar-refractivity contribution is 0.210. The molecule has 5 rings (SSSR count). The van der Waals surface area contributed by atoms with Gasteiger partial charge in [-0.15, -0.1) is 0 Å². The highest BCUT2D eigenvalue weighted by Gasteiger charge is 2.21. The van der Waals surface area contributed by atoms with Crippen molar-refractivity contribution < 1.29 is 17.6 Å². The molecule has 0 atom stereocenters. The molecule has 0 saturated carbocycles. The highest BCUT2D eigenvalue weighted by Crippen LogP contribution is 2.36. The second-order valence-corrected chi connectivity index (χ2v) is 13.9. The van der Waals surface area contributed by atoms with Gasteiger partial charge in [0.1, 0.15) is 15.8 Å². The highest BCUT2D eigenvalue weighted by molar-refractivity contribution is 7.92. The molecule has 7 nitrogen and oxygen atoms in total. The summed E-state index contributed by atoms with van der Waals surface area (Å²) in [6, 6.07) is 33.1. The molecule has 1 aromatic heterocycles. The summed E-state index contributed by atoms with van der Waals surface area (Å²) in [7, 11) is -3.41. The van der Waals surface area contributed by atoms with E-state index in [9.17, 15) is 17.6 Å². The van der Waals surface area contributed by atoms with Crippen LogP contribution in [0.3, 0.4) is 0 Å². The van der Waals surface area contributed by atoms with E-state index in [1.165, 1.54) is 12.1 Å². The van der Waals surface area contributed by atoms with E-state index >= 15 is 0 Å². The zero-order valence-corrected chi connectivity index (χ0v) is 26.9. The lowest BCUT2D eigenvalue weighted by Crippen LogP contribution is -2.38. The molecule has 5 aromatic rings. The number of nitrogens with zero attached hydrogens (tertiary/aromatic N) is 2. The fraction of sp³-hybridized carbons (Fsp3) is 0.176. The van der Waals surface area contributed by atoms with Gasteiger partial charge in [-0.2, -0.15) is 0 Å². The first-order chi connectivity index (χ1) is 21.6. The van der Waals surface area contributed by atoms with Gasteiger partial charge in [-0.1, -0.05) is 108 Å². The first-order valence-corrected chi connectivity index (χ1v) is 17.4. The molecule has 2 N–H and O–H groups in total. The van der Waals surface area contributed by atoms with Crippen LogP contribution < -0.4 is 10.0 Å². The number of carbonyl (C=O) groups is 1. The predicted octanol–water partition coefficient (Wildman–Crippen LogP) is 8.27. The van der Waals surface area contributed by atoms with Crippen molar-refractivity contribution in [2.24, 2.45) is 0 Å². The Bertz CT molecular complexity index is 1780. The summed E-state index contributed by atoms with van der Waals surface area (Å²) in [5.41, 5.74) is 4.83. The second-order valence-electron chi connectivity index (χ2n) is 10.5. The Kier molecular flexibility index (Phi) is 10.5. The number of benzene rings is 4. The number of thiazole rings is 1. The number of hydrogen-bond acceptors (Lipinski definition) is 5. The van der Waals surface area contributed by atoms with Crippen molar-refractivity contribution in [2.45, 2.75) is 18.8 Å². The Morgan fingerprint density at radius 1 is 0.889 bits per heavy atom. The van der Waals surface area contributed by atoms with E-state index < -0.39 is 10.0 Å². The van der Waals surface area contributed by atoms with E-state index in [2.05, 4.69) is 39.3 Å². The Balaban J connectivity index is 1.34. The van der Waals surface area contributed by atoms with Crippen LogP contribution in [-0.2, 0) is 16.4 Å². The van der Waals surface area contributed by atoms with Crippen LogP contribution in [0.4, 0.5) is 20.0 Å². The normalized spacial score (nSPS) is 11.4. The molecule has 1 heterocycles. The van der Waals surface area contributed by atoms with Crippen LogP contribution in [0.5, 0.6) is 0 Å². The summed E-state index contributed by atoms with van der Waals surface area (Å²) >= 11 is 7.68. The number of sulfonamides is 1. The molecule has 11 heteroatoms. The van der Waals surface area contributed by atoms with Crippen molar-refractivity contribution in [3.63, 3.8) is 0 Å². The van der Waals surface area contributed by atoms with Crippen molar-refractivity contribution in [1.82, 2.24) is 9.88 Å². The van der Waals surface area contributed by atoms with Gasteiger partial charge in [0.15, 0.2) is 5.13 Å². The number of rotatable bonds is 12. The minimum absolute atomic E-state index is 0.0783. The van der Waals surface area contributed by atoms with Gasteiger partial charge in [0.25, 0.3) is 0 Å². The number of nitrogens with one attached hydrogen (secondary N) is 2. The summed E-state index contributed by atoms with van der Waals surface area (Å²) in [5.74, 6) is -0.228. The van der Waals surface area contributed by atoms with E-state index in [0.717, 1.165) is 34.3 Å². The van der Waals surface area contributed by atoms with E-state index in [1.54, 1.807) is 41.3 Å². The largest absolute Gasteiger partial charge is 0.324 e. The van der Waals surface area contributed by atoms with Crippen LogP contribution in [-0.4, -0.2) is 43.7 Å². The number of hydrogen-bond donors (Lipinski definition) is 2. The van der Waals surface area contributed by atoms with Gasteiger partial charge < -0.3 is 4.90 Å². The Labute approximate surface area is 271 Å². The van der Waals surface area contributed by atoms with Crippen LogP contribution in [0, 0.1) is 5.82 Å². The fourth-order valence-electron chi connectivity index (χ4n) is 5.03. The molecule has 0 aliphatic carbocycles. The standard InChI is InChI=1S/C34H32ClFN4O3S2/c1-45(42,43)39-29-18-14-27(15-19-29)31-32(35)44-33(37-31)38-34(41)40(22-20-24-12-16-28(36)17-13-24)23-21-30(25-8-4-2-5-9-25)26-10-6-3-7-11-26/h2-19,30,39H,20-23H2,1H3,(H,37,38,41). The SMILES string of the molecule is CS(=O)(=O)Nc1ccc(-c2nc(NC(=O)N(CCc3ccc(F)cc3)CCC(c3ccccc3)c3ccccc3)sc2Cl)cc1. The molecule has 4 aromatic carbocycles. The van der Waals surface area contributed by atoms with Gasteiger partial charge >= 0.3 is 6.03 Å². The van der Waals surface area contributed by atoms with Crippen molar-refractivity contribution in [3.05, 3.63) is 136 Å². The molecular formula is C34H32ClFN4O3S2. The van der Waals surface area contributed by atoms with Crippen LogP contribution in [0.15, 0.2) is 109 Å². The summed E-state index contributed by atoms with van der Waals surface area (Å²) in [6.45, 7) is 0.872. The molecule has 2 amide bonds. The first kappa shape index (κ1) is 32.2. The summed E-state index contributed by atoms with van der Waals surface area (Å²) in [6.07, 6.45) is 2.31. The molecule has 0 saturated heterocycles.